The number of halogens is 1. The minimum absolute atomic E-state index is 0.138. The minimum atomic E-state index is -4.32. The van der Waals surface area contributed by atoms with Crippen molar-refractivity contribution in [2.24, 2.45) is 7.05 Å². The Hall–Kier alpha value is -3.42. The van der Waals surface area contributed by atoms with Gasteiger partial charge in [0, 0.05) is 24.4 Å². The molecule has 1 atom stereocenters. The number of anilines is 1. The maximum absolute atomic E-state index is 13.3. The number of benzene rings is 1. The van der Waals surface area contributed by atoms with Crippen LogP contribution in [0.4, 0.5) is 5.82 Å². The minimum Gasteiger partial charge on any atom is -0.482 e. The molecule has 202 valence electrons. The fourth-order valence-electron chi connectivity index (χ4n) is 4.13. The van der Waals surface area contributed by atoms with Gasteiger partial charge in [0.25, 0.3) is 0 Å². The molecule has 38 heavy (non-hydrogen) atoms. The SMILES string of the molecule is Cc1cc([C@@H](C)Oc2ccc(Cl)nc2N(S(C)(=O)=O)S(C)(=O)=O)c2oc(-c3cnn(C)c3)c(C)c(=O)c2c1. The quantitative estimate of drug-likeness (QED) is 0.299. The van der Waals surface area contributed by atoms with E-state index in [0.717, 1.165) is 18.1 Å². The molecule has 0 saturated carbocycles. The van der Waals surface area contributed by atoms with Gasteiger partial charge in [-0.05, 0) is 50.6 Å². The van der Waals surface area contributed by atoms with Crippen molar-refractivity contribution in [2.45, 2.75) is 26.9 Å². The molecule has 0 N–H and O–H groups in total. The summed E-state index contributed by atoms with van der Waals surface area (Å²) < 4.78 is 63.7. The van der Waals surface area contributed by atoms with E-state index in [-0.39, 0.29) is 25.6 Å². The molecule has 4 rings (SSSR count). The summed E-state index contributed by atoms with van der Waals surface area (Å²) in [4.78, 5) is 17.3. The summed E-state index contributed by atoms with van der Waals surface area (Å²) >= 11 is 5.98. The van der Waals surface area contributed by atoms with Gasteiger partial charge in [-0.1, -0.05) is 11.6 Å². The number of rotatable bonds is 7. The monoisotopic (exact) mass is 580 g/mol. The topological polar surface area (TPSA) is 142 Å². The third kappa shape index (κ3) is 5.26. The highest BCUT2D eigenvalue weighted by Gasteiger charge is 2.33. The molecule has 0 saturated heterocycles. The first-order valence-electron chi connectivity index (χ1n) is 11.2. The second kappa shape index (κ2) is 9.71. The summed E-state index contributed by atoms with van der Waals surface area (Å²) in [6.45, 7) is 5.14. The molecule has 3 heterocycles. The zero-order valence-corrected chi connectivity index (χ0v) is 23.8. The zero-order chi connectivity index (χ0) is 28.2. The normalized spacial score (nSPS) is 13.0. The molecule has 14 heteroatoms. The molecule has 0 spiro atoms. The van der Waals surface area contributed by atoms with Crippen LogP contribution < -0.4 is 13.9 Å². The maximum atomic E-state index is 13.3. The average Bonchev–Trinajstić information content (AvgIpc) is 3.21. The molecule has 0 aliphatic rings. The molecule has 0 amide bonds. The van der Waals surface area contributed by atoms with E-state index in [9.17, 15) is 21.6 Å². The standard InChI is InChI=1S/C24H25ClN4O7S2/c1-13-9-17(23-18(10-13)21(30)14(2)22(36-23)16-11-26-28(4)12-16)15(3)35-19-7-8-20(25)27-24(19)29(37(5,31)32)38(6,33)34/h7-12,15H,1-6H3/t15-/m1/s1. The first-order chi connectivity index (χ1) is 17.6. The zero-order valence-electron chi connectivity index (χ0n) is 21.4. The van der Waals surface area contributed by atoms with Crippen LogP contribution in [0.1, 0.15) is 29.7 Å². The van der Waals surface area contributed by atoms with Gasteiger partial charge in [-0.3, -0.25) is 9.48 Å². The Morgan fingerprint density at radius 2 is 1.76 bits per heavy atom. The third-order valence-corrected chi connectivity index (χ3v) is 9.07. The van der Waals surface area contributed by atoms with Gasteiger partial charge in [-0.2, -0.15) is 5.10 Å². The number of hydrogen-bond acceptors (Lipinski definition) is 9. The number of sulfonamides is 2. The summed E-state index contributed by atoms with van der Waals surface area (Å²) in [6, 6.07) is 6.14. The van der Waals surface area contributed by atoms with E-state index in [1.165, 1.54) is 12.1 Å². The molecule has 0 bridgehead atoms. The largest absolute Gasteiger partial charge is 0.482 e. The van der Waals surface area contributed by atoms with Crippen LogP contribution in [0.2, 0.25) is 5.15 Å². The van der Waals surface area contributed by atoms with Crippen LogP contribution in [0.5, 0.6) is 5.75 Å². The molecule has 0 aliphatic carbocycles. The maximum Gasteiger partial charge on any atom is 0.246 e. The van der Waals surface area contributed by atoms with Crippen LogP contribution >= 0.6 is 11.6 Å². The van der Waals surface area contributed by atoms with Gasteiger partial charge in [0.15, 0.2) is 11.2 Å². The van der Waals surface area contributed by atoms with Gasteiger partial charge in [-0.25, -0.2) is 21.8 Å². The van der Waals surface area contributed by atoms with Crippen LogP contribution in [0, 0.1) is 13.8 Å². The van der Waals surface area contributed by atoms with Crippen molar-refractivity contribution in [3.8, 4) is 17.1 Å². The lowest BCUT2D eigenvalue weighted by atomic mass is 10.0. The van der Waals surface area contributed by atoms with E-state index in [1.54, 1.807) is 50.1 Å². The Labute approximate surface area is 224 Å². The number of nitrogens with zero attached hydrogens (tertiary/aromatic N) is 4. The van der Waals surface area contributed by atoms with Gasteiger partial charge in [-0.15, -0.1) is 3.71 Å². The van der Waals surface area contributed by atoms with E-state index in [1.807, 2.05) is 6.92 Å². The Balaban J connectivity index is 1.90. The Kier molecular flexibility index (Phi) is 7.06. The van der Waals surface area contributed by atoms with Crippen LogP contribution in [-0.2, 0) is 27.1 Å². The molecule has 3 aromatic heterocycles. The van der Waals surface area contributed by atoms with Crippen LogP contribution in [-0.4, -0.2) is 44.1 Å². The summed E-state index contributed by atoms with van der Waals surface area (Å²) in [5, 5.41) is 4.35. The highest BCUT2D eigenvalue weighted by Crippen LogP contribution is 2.37. The molecular formula is C24H25ClN4O7S2. The van der Waals surface area contributed by atoms with Crippen molar-refractivity contribution in [3.05, 3.63) is 68.7 Å². The van der Waals surface area contributed by atoms with Crippen molar-refractivity contribution in [1.29, 1.82) is 0 Å². The highest BCUT2D eigenvalue weighted by atomic mass is 35.5. The number of pyridine rings is 1. The van der Waals surface area contributed by atoms with Gasteiger partial charge < -0.3 is 9.15 Å². The number of fused-ring (bicyclic) bond motifs is 1. The fourth-order valence-corrected chi connectivity index (χ4v) is 7.13. The first-order valence-corrected chi connectivity index (χ1v) is 15.3. The summed E-state index contributed by atoms with van der Waals surface area (Å²) in [5.41, 5.74) is 2.31. The van der Waals surface area contributed by atoms with E-state index in [2.05, 4.69) is 10.1 Å². The summed E-state index contributed by atoms with van der Waals surface area (Å²) in [7, 11) is -6.90. The molecule has 4 aromatic rings. The average molecular weight is 581 g/mol. The van der Waals surface area contributed by atoms with Crippen LogP contribution in [0.15, 0.2) is 45.9 Å². The summed E-state index contributed by atoms with van der Waals surface area (Å²) in [6.07, 6.45) is 3.93. The third-order valence-electron chi connectivity index (χ3n) is 5.68. The van der Waals surface area contributed by atoms with Crippen LogP contribution in [0.25, 0.3) is 22.3 Å². The Morgan fingerprint density at radius 1 is 1.11 bits per heavy atom. The predicted octanol–water partition coefficient (Wildman–Crippen LogP) is 3.72. The number of aromatic nitrogens is 3. The van der Waals surface area contributed by atoms with Gasteiger partial charge in [0.2, 0.25) is 25.9 Å². The highest BCUT2D eigenvalue weighted by molar-refractivity contribution is 8.09. The molecule has 1 aromatic carbocycles. The van der Waals surface area contributed by atoms with Crippen molar-refractivity contribution in [2.75, 3.05) is 16.2 Å². The number of ether oxygens (including phenoxy) is 1. The van der Waals surface area contributed by atoms with Gasteiger partial charge >= 0.3 is 0 Å². The van der Waals surface area contributed by atoms with Crippen molar-refractivity contribution in [3.63, 3.8) is 0 Å². The number of aryl methyl sites for hydroxylation is 2. The lowest BCUT2D eigenvalue weighted by Gasteiger charge is -2.24. The lowest BCUT2D eigenvalue weighted by molar-refractivity contribution is 0.227. The van der Waals surface area contributed by atoms with Crippen molar-refractivity contribution >= 4 is 48.4 Å². The second-order valence-corrected chi connectivity index (χ2v) is 13.2. The summed E-state index contributed by atoms with van der Waals surface area (Å²) in [5.74, 6) is -0.323. The lowest BCUT2D eigenvalue weighted by Crippen LogP contribution is -2.36. The Morgan fingerprint density at radius 3 is 2.34 bits per heavy atom. The molecular weight excluding hydrogens is 556 g/mol. The van der Waals surface area contributed by atoms with Gasteiger partial charge in [0.1, 0.15) is 22.6 Å². The smallest absolute Gasteiger partial charge is 0.246 e. The molecule has 11 nitrogen and oxygen atoms in total. The number of hydrogen-bond donors (Lipinski definition) is 0. The molecule has 0 aliphatic heterocycles. The van der Waals surface area contributed by atoms with E-state index in [4.69, 9.17) is 20.8 Å². The van der Waals surface area contributed by atoms with Crippen molar-refractivity contribution < 1.29 is 26.0 Å². The molecule has 0 fully saturated rings. The van der Waals surface area contributed by atoms with E-state index >= 15 is 0 Å². The molecule has 0 unspecified atom stereocenters. The van der Waals surface area contributed by atoms with Crippen molar-refractivity contribution in [1.82, 2.24) is 14.8 Å². The predicted molar refractivity (Wildman–Crippen MR) is 145 cm³/mol. The van der Waals surface area contributed by atoms with E-state index < -0.39 is 32.0 Å². The van der Waals surface area contributed by atoms with E-state index in [0.29, 0.717) is 27.8 Å². The first kappa shape index (κ1) is 27.6. The second-order valence-electron chi connectivity index (χ2n) is 8.96. The van der Waals surface area contributed by atoms with Crippen LogP contribution in [0.3, 0.4) is 0 Å². The fraction of sp³-hybridized carbons (Fsp3) is 0.292. The molecule has 0 radical (unpaired) electrons. The van der Waals surface area contributed by atoms with Gasteiger partial charge in [0.05, 0.1) is 29.7 Å². The Bertz CT molecular complexity index is 1820.